The van der Waals surface area contributed by atoms with E-state index in [1.807, 2.05) is 13.8 Å². The Morgan fingerprint density at radius 1 is 1.33 bits per heavy atom. The van der Waals surface area contributed by atoms with Crippen molar-refractivity contribution in [3.63, 3.8) is 0 Å². The van der Waals surface area contributed by atoms with Crippen molar-refractivity contribution in [1.82, 2.24) is 0 Å². The van der Waals surface area contributed by atoms with E-state index in [0.717, 1.165) is 19.1 Å². The summed E-state index contributed by atoms with van der Waals surface area (Å²) in [7, 11) is 0. The fraction of sp³-hybridized carbons (Fsp3) is 0.923. The highest BCUT2D eigenvalue weighted by Gasteiger charge is 2.55. The highest BCUT2D eigenvalue weighted by Crippen LogP contribution is 2.41. The van der Waals surface area contributed by atoms with E-state index in [4.69, 9.17) is 18.9 Å². The first-order valence-electron chi connectivity index (χ1n) is 6.58. The zero-order chi connectivity index (χ0) is 13.2. The van der Waals surface area contributed by atoms with E-state index >= 15 is 0 Å². The van der Waals surface area contributed by atoms with Crippen LogP contribution in [0.5, 0.6) is 0 Å². The second-order valence-corrected chi connectivity index (χ2v) is 5.45. The Morgan fingerprint density at radius 3 is 2.72 bits per heavy atom. The molecule has 1 unspecified atom stereocenters. The maximum absolute atomic E-state index is 11.3. The smallest absolute Gasteiger partial charge is 0.188 e. The summed E-state index contributed by atoms with van der Waals surface area (Å²) in [6.45, 7) is 6.71. The minimum absolute atomic E-state index is 0.181. The first-order chi connectivity index (χ1) is 8.50. The zero-order valence-corrected chi connectivity index (χ0v) is 11.3. The third kappa shape index (κ3) is 2.91. The van der Waals surface area contributed by atoms with Crippen molar-refractivity contribution in [2.45, 2.75) is 63.8 Å². The molecule has 0 radical (unpaired) electrons. The Kier molecular flexibility index (Phi) is 4.06. The quantitative estimate of drug-likeness (QED) is 0.535. The number of fused-ring (bicyclic) bond motifs is 1. The summed E-state index contributed by atoms with van der Waals surface area (Å²) in [5.74, 6) is -0.632. The Morgan fingerprint density at radius 2 is 2.11 bits per heavy atom. The molecular formula is C13H22O5. The second-order valence-electron chi connectivity index (χ2n) is 5.45. The Hall–Kier alpha value is -0.490. The van der Waals surface area contributed by atoms with Gasteiger partial charge < -0.3 is 23.7 Å². The summed E-state index contributed by atoms with van der Waals surface area (Å²) in [5.41, 5.74) is -0.903. The van der Waals surface area contributed by atoms with Crippen molar-refractivity contribution < 1.29 is 23.7 Å². The summed E-state index contributed by atoms with van der Waals surface area (Å²) in [4.78, 5) is 11.3. The van der Waals surface area contributed by atoms with Crippen LogP contribution < -0.4 is 0 Å². The first-order valence-corrected chi connectivity index (χ1v) is 6.58. The van der Waals surface area contributed by atoms with Crippen molar-refractivity contribution in [2.24, 2.45) is 0 Å². The van der Waals surface area contributed by atoms with E-state index in [2.05, 4.69) is 6.92 Å². The molecule has 0 amide bonds. The first kappa shape index (κ1) is 13.9. The van der Waals surface area contributed by atoms with E-state index in [9.17, 15) is 4.79 Å². The van der Waals surface area contributed by atoms with Gasteiger partial charge >= 0.3 is 0 Å². The molecule has 0 saturated carbocycles. The average Bonchev–Trinajstić information content (AvgIpc) is 2.75. The molecule has 0 N–H and O–H groups in total. The molecule has 2 rings (SSSR count). The van der Waals surface area contributed by atoms with Crippen LogP contribution in [0.3, 0.4) is 0 Å². The predicted molar refractivity (Wildman–Crippen MR) is 64.0 cm³/mol. The highest BCUT2D eigenvalue weighted by atomic mass is 16.8. The largest absolute Gasteiger partial charge is 0.378 e. The maximum atomic E-state index is 11.3. The molecule has 0 aromatic heterocycles. The normalized spacial score (nSPS) is 37.7. The lowest BCUT2D eigenvalue weighted by molar-refractivity contribution is -0.227. The van der Waals surface area contributed by atoms with Gasteiger partial charge in [0.15, 0.2) is 24.0 Å². The molecule has 0 bridgehead atoms. The summed E-state index contributed by atoms with van der Waals surface area (Å²) in [6.07, 6.45) is 2.73. The molecule has 2 fully saturated rings. The van der Waals surface area contributed by atoms with Gasteiger partial charge in [-0.25, -0.2) is 0 Å². The molecule has 0 aromatic carbocycles. The summed E-state index contributed by atoms with van der Waals surface area (Å²) >= 11 is 0. The van der Waals surface area contributed by atoms with Gasteiger partial charge in [-0.05, 0) is 20.3 Å². The van der Waals surface area contributed by atoms with Crippen LogP contribution in [0, 0.1) is 0 Å². The van der Waals surface area contributed by atoms with Gasteiger partial charge in [0.2, 0.25) is 0 Å². The van der Waals surface area contributed by atoms with Crippen LogP contribution in [0.2, 0.25) is 0 Å². The van der Waals surface area contributed by atoms with Crippen LogP contribution in [-0.4, -0.2) is 43.3 Å². The van der Waals surface area contributed by atoms with Crippen molar-refractivity contribution in [2.75, 3.05) is 13.2 Å². The maximum Gasteiger partial charge on any atom is 0.188 e. The van der Waals surface area contributed by atoms with E-state index < -0.39 is 17.7 Å². The Bertz CT molecular complexity index is 286. The monoisotopic (exact) mass is 258 g/mol. The third-order valence-corrected chi connectivity index (χ3v) is 3.24. The highest BCUT2D eigenvalue weighted by molar-refractivity contribution is 5.63. The van der Waals surface area contributed by atoms with E-state index in [1.54, 1.807) is 0 Å². The van der Waals surface area contributed by atoms with Gasteiger partial charge in [0, 0.05) is 13.0 Å². The second kappa shape index (κ2) is 5.25. The molecule has 0 aromatic rings. The van der Waals surface area contributed by atoms with Gasteiger partial charge in [-0.3, -0.25) is 0 Å². The van der Waals surface area contributed by atoms with Gasteiger partial charge in [-0.1, -0.05) is 13.3 Å². The number of aldehydes is 1. The minimum Gasteiger partial charge on any atom is -0.378 e. The fourth-order valence-corrected chi connectivity index (χ4v) is 2.36. The Balaban J connectivity index is 1.87. The standard InChI is InChI=1S/C13H22O5/c1-4-5-6-15-9-13(8-14)7-10-11(18-13)17-12(2,3)16-10/h8,10-11H,4-7,9H2,1-3H3/t10?,11-,13+/m0/s1. The predicted octanol–water partition coefficient (Wildman–Crippen LogP) is 1.64. The van der Waals surface area contributed by atoms with Crippen molar-refractivity contribution >= 4 is 6.29 Å². The van der Waals surface area contributed by atoms with Crippen molar-refractivity contribution in [3.8, 4) is 0 Å². The molecule has 2 aliphatic heterocycles. The third-order valence-electron chi connectivity index (χ3n) is 3.24. The molecule has 0 spiro atoms. The number of hydrogen-bond donors (Lipinski definition) is 0. The van der Waals surface area contributed by atoms with Gasteiger partial charge in [-0.15, -0.1) is 0 Å². The molecule has 0 aliphatic carbocycles. The topological polar surface area (TPSA) is 54.0 Å². The summed E-state index contributed by atoms with van der Waals surface area (Å²) in [5, 5.41) is 0. The van der Waals surface area contributed by atoms with Gasteiger partial charge in [0.1, 0.15) is 6.10 Å². The van der Waals surface area contributed by atoms with Crippen molar-refractivity contribution in [3.05, 3.63) is 0 Å². The van der Waals surface area contributed by atoms with Crippen LogP contribution in [0.15, 0.2) is 0 Å². The summed E-state index contributed by atoms with van der Waals surface area (Å²) < 4.78 is 22.5. The molecule has 2 aliphatic rings. The van der Waals surface area contributed by atoms with Crippen LogP contribution in [0.1, 0.15) is 40.0 Å². The number of carbonyl (C=O) groups is 1. The van der Waals surface area contributed by atoms with E-state index in [1.165, 1.54) is 0 Å². The lowest BCUT2D eigenvalue weighted by Crippen LogP contribution is -2.39. The molecule has 2 saturated heterocycles. The molecular weight excluding hydrogens is 236 g/mol. The van der Waals surface area contributed by atoms with Crippen LogP contribution in [0.4, 0.5) is 0 Å². The van der Waals surface area contributed by atoms with Gasteiger partial charge in [-0.2, -0.15) is 0 Å². The molecule has 2 heterocycles. The molecule has 18 heavy (non-hydrogen) atoms. The number of carbonyl (C=O) groups excluding carboxylic acids is 1. The minimum atomic E-state index is -0.903. The SMILES string of the molecule is CCCCOC[C@]1(C=O)CC2OC(C)(C)O[C@H]2O1. The number of ether oxygens (including phenoxy) is 4. The zero-order valence-electron chi connectivity index (χ0n) is 11.3. The lowest BCUT2D eigenvalue weighted by atomic mass is 10.0. The van der Waals surface area contributed by atoms with Crippen LogP contribution >= 0.6 is 0 Å². The molecule has 3 atom stereocenters. The number of hydrogen-bond acceptors (Lipinski definition) is 5. The molecule has 104 valence electrons. The van der Waals surface area contributed by atoms with E-state index in [0.29, 0.717) is 13.0 Å². The molecule has 5 heteroatoms. The van der Waals surface area contributed by atoms with Crippen molar-refractivity contribution in [1.29, 1.82) is 0 Å². The van der Waals surface area contributed by atoms with Crippen LogP contribution in [-0.2, 0) is 23.7 Å². The number of unbranched alkanes of at least 4 members (excludes halogenated alkanes) is 1. The van der Waals surface area contributed by atoms with E-state index in [-0.39, 0.29) is 12.7 Å². The van der Waals surface area contributed by atoms with Gasteiger partial charge in [0.25, 0.3) is 0 Å². The Labute approximate surface area is 108 Å². The fourth-order valence-electron chi connectivity index (χ4n) is 2.36. The van der Waals surface area contributed by atoms with Crippen LogP contribution in [0.25, 0.3) is 0 Å². The molecule has 5 nitrogen and oxygen atoms in total. The number of rotatable bonds is 6. The van der Waals surface area contributed by atoms with Gasteiger partial charge in [0.05, 0.1) is 6.61 Å². The lowest BCUT2D eigenvalue weighted by Gasteiger charge is -2.26. The average molecular weight is 258 g/mol. The summed E-state index contributed by atoms with van der Waals surface area (Å²) in [6, 6.07) is 0.